The zero-order chi connectivity index (χ0) is 14.4. The predicted molar refractivity (Wildman–Crippen MR) is 79.5 cm³/mol. The van der Waals surface area contributed by atoms with Crippen molar-refractivity contribution in [2.75, 3.05) is 18.4 Å². The number of carbonyl (C=O) groups excluding carboxylic acids is 2. The monoisotopic (exact) mass is 274 g/mol. The molecule has 1 aliphatic heterocycles. The van der Waals surface area contributed by atoms with Gasteiger partial charge >= 0.3 is 11.8 Å². The van der Waals surface area contributed by atoms with E-state index in [1.54, 1.807) is 4.90 Å². The molecule has 1 saturated heterocycles. The summed E-state index contributed by atoms with van der Waals surface area (Å²) in [6.07, 6.45) is 5.37. The number of hydrogen-bond acceptors (Lipinski definition) is 2. The molecule has 0 unspecified atom stereocenters. The van der Waals surface area contributed by atoms with Gasteiger partial charge in [0.1, 0.15) is 0 Å². The summed E-state index contributed by atoms with van der Waals surface area (Å²) in [7, 11) is 0. The molecule has 0 atom stereocenters. The summed E-state index contributed by atoms with van der Waals surface area (Å²) >= 11 is 0. The van der Waals surface area contributed by atoms with Gasteiger partial charge in [-0.15, -0.1) is 0 Å². The Morgan fingerprint density at radius 1 is 1.15 bits per heavy atom. The molecule has 2 rings (SSSR count). The van der Waals surface area contributed by atoms with E-state index in [0.29, 0.717) is 18.8 Å². The number of likely N-dealkylation sites (tertiary alicyclic amines) is 1. The largest absolute Gasteiger partial charge is 0.334 e. The van der Waals surface area contributed by atoms with Crippen molar-refractivity contribution in [3.8, 4) is 0 Å². The van der Waals surface area contributed by atoms with Crippen molar-refractivity contribution in [1.82, 2.24) is 4.90 Å². The predicted octanol–water partition coefficient (Wildman–Crippen LogP) is 2.59. The van der Waals surface area contributed by atoms with Crippen molar-refractivity contribution >= 4 is 17.5 Å². The molecule has 1 aromatic carbocycles. The number of unbranched alkanes of at least 4 members (excludes halogenated alkanes) is 1. The highest BCUT2D eigenvalue weighted by Crippen LogP contribution is 2.13. The van der Waals surface area contributed by atoms with Crippen molar-refractivity contribution in [3.05, 3.63) is 29.8 Å². The summed E-state index contributed by atoms with van der Waals surface area (Å²) in [6, 6.07) is 7.73. The molecule has 0 radical (unpaired) electrons. The number of anilines is 1. The van der Waals surface area contributed by atoms with Gasteiger partial charge in [0.05, 0.1) is 0 Å². The van der Waals surface area contributed by atoms with E-state index < -0.39 is 11.8 Å². The fraction of sp³-hybridized carbons (Fsp3) is 0.500. The van der Waals surface area contributed by atoms with E-state index in [0.717, 1.165) is 19.3 Å². The first-order valence-corrected chi connectivity index (χ1v) is 7.40. The van der Waals surface area contributed by atoms with Crippen molar-refractivity contribution in [1.29, 1.82) is 0 Å². The van der Waals surface area contributed by atoms with Crippen LogP contribution in [0.4, 0.5) is 5.69 Å². The quantitative estimate of drug-likeness (QED) is 0.858. The van der Waals surface area contributed by atoms with E-state index in [2.05, 4.69) is 12.2 Å². The lowest BCUT2D eigenvalue weighted by molar-refractivity contribution is -0.142. The third kappa shape index (κ3) is 3.83. The van der Waals surface area contributed by atoms with Crippen molar-refractivity contribution in [2.24, 2.45) is 0 Å². The minimum absolute atomic E-state index is 0.419. The van der Waals surface area contributed by atoms with Crippen LogP contribution in [0.2, 0.25) is 0 Å². The SMILES string of the molecule is CCCCc1ccc(NC(=O)C(=O)N2CCCC2)cc1. The number of hydrogen-bond donors (Lipinski definition) is 1. The molecule has 4 heteroatoms. The van der Waals surface area contributed by atoms with E-state index in [-0.39, 0.29) is 0 Å². The van der Waals surface area contributed by atoms with Gasteiger partial charge in [0.25, 0.3) is 0 Å². The fourth-order valence-corrected chi connectivity index (χ4v) is 2.38. The van der Waals surface area contributed by atoms with E-state index >= 15 is 0 Å². The van der Waals surface area contributed by atoms with Gasteiger partial charge in [-0.3, -0.25) is 9.59 Å². The number of carbonyl (C=O) groups is 2. The summed E-state index contributed by atoms with van der Waals surface area (Å²) in [6.45, 7) is 3.56. The normalized spacial score (nSPS) is 14.3. The average Bonchev–Trinajstić information content (AvgIpc) is 3.00. The van der Waals surface area contributed by atoms with Gasteiger partial charge in [-0.25, -0.2) is 0 Å². The Hall–Kier alpha value is -1.84. The van der Waals surface area contributed by atoms with E-state index in [1.807, 2.05) is 24.3 Å². The molecular weight excluding hydrogens is 252 g/mol. The van der Waals surface area contributed by atoms with Crippen LogP contribution >= 0.6 is 0 Å². The van der Waals surface area contributed by atoms with Gasteiger partial charge in [-0.1, -0.05) is 25.5 Å². The van der Waals surface area contributed by atoms with Crippen LogP contribution in [0.5, 0.6) is 0 Å². The molecule has 1 heterocycles. The summed E-state index contributed by atoms with van der Waals surface area (Å²) in [4.78, 5) is 25.3. The highest BCUT2D eigenvalue weighted by Gasteiger charge is 2.24. The zero-order valence-corrected chi connectivity index (χ0v) is 12.0. The number of amides is 2. The average molecular weight is 274 g/mol. The Balaban J connectivity index is 1.88. The first-order valence-electron chi connectivity index (χ1n) is 7.40. The van der Waals surface area contributed by atoms with E-state index in [1.165, 1.54) is 18.4 Å². The van der Waals surface area contributed by atoms with Crippen molar-refractivity contribution in [3.63, 3.8) is 0 Å². The lowest BCUT2D eigenvalue weighted by atomic mass is 10.1. The van der Waals surface area contributed by atoms with Gasteiger partial charge in [0.15, 0.2) is 0 Å². The summed E-state index contributed by atoms with van der Waals surface area (Å²) in [5, 5.41) is 2.67. The first-order chi connectivity index (χ1) is 9.70. The van der Waals surface area contributed by atoms with Crippen LogP contribution in [0, 0.1) is 0 Å². The number of rotatable bonds is 4. The molecule has 1 aliphatic rings. The molecule has 1 fully saturated rings. The molecular formula is C16H22N2O2. The van der Waals surface area contributed by atoms with Crippen LogP contribution in [0.15, 0.2) is 24.3 Å². The molecule has 0 bridgehead atoms. The van der Waals surface area contributed by atoms with Crippen LogP contribution in [0.25, 0.3) is 0 Å². The van der Waals surface area contributed by atoms with Gasteiger partial charge in [0, 0.05) is 18.8 Å². The third-order valence-corrected chi connectivity index (χ3v) is 3.62. The minimum atomic E-state index is -0.534. The summed E-state index contributed by atoms with van der Waals surface area (Å²) < 4.78 is 0. The number of benzene rings is 1. The second kappa shape index (κ2) is 7.08. The van der Waals surface area contributed by atoms with Gasteiger partial charge in [-0.05, 0) is 43.4 Å². The minimum Gasteiger partial charge on any atom is -0.334 e. The molecule has 0 aromatic heterocycles. The topological polar surface area (TPSA) is 49.4 Å². The Bertz CT molecular complexity index is 462. The molecule has 1 aromatic rings. The Kier molecular flexibility index (Phi) is 5.16. The Morgan fingerprint density at radius 3 is 2.40 bits per heavy atom. The smallest absolute Gasteiger partial charge is 0.313 e. The second-order valence-corrected chi connectivity index (χ2v) is 5.25. The molecule has 2 amide bonds. The molecule has 1 N–H and O–H groups in total. The van der Waals surface area contributed by atoms with Crippen LogP contribution in [0.3, 0.4) is 0 Å². The molecule has 0 spiro atoms. The lowest BCUT2D eigenvalue weighted by Gasteiger charge is -2.14. The molecule has 4 nitrogen and oxygen atoms in total. The van der Waals surface area contributed by atoms with Gasteiger partial charge in [-0.2, -0.15) is 0 Å². The van der Waals surface area contributed by atoms with E-state index in [9.17, 15) is 9.59 Å². The number of nitrogens with zero attached hydrogens (tertiary/aromatic N) is 1. The second-order valence-electron chi connectivity index (χ2n) is 5.25. The molecule has 0 saturated carbocycles. The lowest BCUT2D eigenvalue weighted by Crippen LogP contribution is -2.37. The maximum absolute atomic E-state index is 11.9. The van der Waals surface area contributed by atoms with E-state index in [4.69, 9.17) is 0 Å². The van der Waals surface area contributed by atoms with Crippen molar-refractivity contribution in [2.45, 2.75) is 39.0 Å². The maximum atomic E-state index is 11.9. The van der Waals surface area contributed by atoms with Crippen LogP contribution in [-0.4, -0.2) is 29.8 Å². The number of aryl methyl sites for hydroxylation is 1. The highest BCUT2D eigenvalue weighted by molar-refractivity contribution is 6.39. The fourth-order valence-electron chi connectivity index (χ4n) is 2.38. The maximum Gasteiger partial charge on any atom is 0.313 e. The summed E-state index contributed by atoms with van der Waals surface area (Å²) in [5.74, 6) is -0.953. The standard InChI is InChI=1S/C16H22N2O2/c1-2-3-6-13-7-9-14(10-8-13)17-15(19)16(20)18-11-4-5-12-18/h7-10H,2-6,11-12H2,1H3,(H,17,19). The van der Waals surface area contributed by atoms with Crippen LogP contribution < -0.4 is 5.32 Å². The first kappa shape index (κ1) is 14.6. The van der Waals surface area contributed by atoms with Crippen LogP contribution in [0.1, 0.15) is 38.2 Å². The Labute approximate surface area is 120 Å². The summed E-state index contributed by atoms with van der Waals surface area (Å²) in [5.41, 5.74) is 1.94. The third-order valence-electron chi connectivity index (χ3n) is 3.62. The molecule has 108 valence electrons. The highest BCUT2D eigenvalue weighted by atomic mass is 16.2. The Morgan fingerprint density at radius 2 is 1.80 bits per heavy atom. The van der Waals surface area contributed by atoms with Gasteiger partial charge in [0.2, 0.25) is 0 Å². The molecule has 0 aliphatic carbocycles. The number of nitrogens with one attached hydrogen (secondary N) is 1. The molecule has 20 heavy (non-hydrogen) atoms. The van der Waals surface area contributed by atoms with Crippen molar-refractivity contribution < 1.29 is 9.59 Å². The van der Waals surface area contributed by atoms with Crippen LogP contribution in [-0.2, 0) is 16.0 Å². The van der Waals surface area contributed by atoms with Gasteiger partial charge < -0.3 is 10.2 Å². The zero-order valence-electron chi connectivity index (χ0n) is 12.0.